The van der Waals surface area contributed by atoms with Gasteiger partial charge in [-0.15, -0.1) is 0 Å². The van der Waals surface area contributed by atoms with E-state index in [9.17, 15) is 14.4 Å². The molecule has 0 radical (unpaired) electrons. The van der Waals surface area contributed by atoms with Gasteiger partial charge in [-0.25, -0.2) is 14.4 Å². The summed E-state index contributed by atoms with van der Waals surface area (Å²) in [5, 5.41) is 0. The average Bonchev–Trinajstić information content (AvgIpc) is 2.82. The summed E-state index contributed by atoms with van der Waals surface area (Å²) in [4.78, 5) is 48.1. The number of hydrogen-bond donors (Lipinski definition) is 0. The van der Waals surface area contributed by atoms with Crippen LogP contribution >= 0.6 is 0 Å². The number of carbonyl (C=O) groups excluding carboxylic acids is 3. The quantitative estimate of drug-likeness (QED) is 0.409. The Hall–Kier alpha value is -4.14. The molecular formula is C21H17N3O6. The summed E-state index contributed by atoms with van der Waals surface area (Å²) in [5.41, 5.74) is 0.684. The van der Waals surface area contributed by atoms with Crippen LogP contribution in [0.15, 0.2) is 73.6 Å². The van der Waals surface area contributed by atoms with E-state index in [0.29, 0.717) is 0 Å². The molecule has 3 aromatic rings. The molecule has 9 nitrogen and oxygen atoms in total. The van der Waals surface area contributed by atoms with Gasteiger partial charge in [-0.05, 0) is 36.4 Å². The SMILES string of the molecule is O=C(OCC(COC(=O)c1cccnc1)OC(=O)c1cccnc1)c1cccnc1. The molecule has 0 amide bonds. The van der Waals surface area contributed by atoms with Crippen LogP contribution < -0.4 is 0 Å². The molecule has 0 aliphatic carbocycles. The van der Waals surface area contributed by atoms with E-state index < -0.39 is 24.0 Å². The van der Waals surface area contributed by atoms with Crippen molar-refractivity contribution in [2.75, 3.05) is 13.2 Å². The minimum atomic E-state index is -1.03. The van der Waals surface area contributed by atoms with Gasteiger partial charge in [0.2, 0.25) is 0 Å². The fourth-order valence-electron chi connectivity index (χ4n) is 2.29. The molecule has 0 spiro atoms. The Morgan fingerprint density at radius 1 is 0.667 bits per heavy atom. The maximum atomic E-state index is 12.3. The van der Waals surface area contributed by atoms with Crippen molar-refractivity contribution in [3.8, 4) is 0 Å². The normalized spacial score (nSPS) is 10.3. The molecule has 0 atom stereocenters. The van der Waals surface area contributed by atoms with Gasteiger partial charge < -0.3 is 14.2 Å². The Morgan fingerprint density at radius 3 is 1.43 bits per heavy atom. The lowest BCUT2D eigenvalue weighted by Crippen LogP contribution is -2.31. The summed E-state index contributed by atoms with van der Waals surface area (Å²) in [7, 11) is 0. The van der Waals surface area contributed by atoms with Crippen molar-refractivity contribution in [2.24, 2.45) is 0 Å². The fraction of sp³-hybridized carbons (Fsp3) is 0.143. The third-order valence-corrected chi connectivity index (χ3v) is 3.77. The number of pyridine rings is 3. The molecule has 0 bridgehead atoms. The van der Waals surface area contributed by atoms with Gasteiger partial charge >= 0.3 is 17.9 Å². The van der Waals surface area contributed by atoms with Crippen LogP contribution in [-0.4, -0.2) is 52.2 Å². The summed E-state index contributed by atoms with van der Waals surface area (Å²) < 4.78 is 15.7. The Morgan fingerprint density at radius 2 is 1.07 bits per heavy atom. The van der Waals surface area contributed by atoms with Crippen molar-refractivity contribution in [2.45, 2.75) is 6.10 Å². The molecule has 9 heteroatoms. The van der Waals surface area contributed by atoms with Gasteiger partial charge in [-0.2, -0.15) is 0 Å². The molecule has 0 aliphatic rings. The lowest BCUT2D eigenvalue weighted by atomic mass is 10.3. The average molecular weight is 407 g/mol. The number of aromatic nitrogens is 3. The summed E-state index contributed by atoms with van der Waals surface area (Å²) in [6.07, 6.45) is 7.56. The van der Waals surface area contributed by atoms with Crippen LogP contribution in [0.1, 0.15) is 31.1 Å². The van der Waals surface area contributed by atoms with Gasteiger partial charge in [-0.3, -0.25) is 15.0 Å². The fourth-order valence-corrected chi connectivity index (χ4v) is 2.29. The van der Waals surface area contributed by atoms with Crippen molar-refractivity contribution in [1.82, 2.24) is 15.0 Å². The molecule has 0 saturated carbocycles. The molecule has 3 heterocycles. The second-order valence-corrected chi connectivity index (χ2v) is 5.95. The Balaban J connectivity index is 1.63. The van der Waals surface area contributed by atoms with E-state index in [0.717, 1.165) is 0 Å². The first-order valence-corrected chi connectivity index (χ1v) is 8.89. The maximum Gasteiger partial charge on any atom is 0.340 e. The maximum absolute atomic E-state index is 12.3. The van der Waals surface area contributed by atoms with Crippen LogP contribution in [0.4, 0.5) is 0 Å². The summed E-state index contributed by atoms with van der Waals surface area (Å²) >= 11 is 0. The monoisotopic (exact) mass is 407 g/mol. The molecule has 0 N–H and O–H groups in total. The van der Waals surface area contributed by atoms with Crippen LogP contribution in [0.3, 0.4) is 0 Å². The smallest absolute Gasteiger partial charge is 0.340 e. The Labute approximate surface area is 171 Å². The van der Waals surface area contributed by atoms with Gasteiger partial charge in [0.05, 0.1) is 16.7 Å². The first-order chi connectivity index (χ1) is 14.6. The van der Waals surface area contributed by atoms with E-state index in [1.165, 1.54) is 55.4 Å². The molecule has 3 rings (SSSR count). The zero-order chi connectivity index (χ0) is 21.2. The molecule has 0 saturated heterocycles. The van der Waals surface area contributed by atoms with Crippen molar-refractivity contribution in [1.29, 1.82) is 0 Å². The highest BCUT2D eigenvalue weighted by molar-refractivity contribution is 5.90. The van der Waals surface area contributed by atoms with E-state index in [2.05, 4.69) is 15.0 Å². The molecule has 0 unspecified atom stereocenters. The minimum absolute atomic E-state index is 0.208. The van der Waals surface area contributed by atoms with E-state index in [1.54, 1.807) is 18.2 Å². The first-order valence-electron chi connectivity index (χ1n) is 8.89. The van der Waals surface area contributed by atoms with Crippen molar-refractivity contribution < 1.29 is 28.6 Å². The highest BCUT2D eigenvalue weighted by Gasteiger charge is 2.21. The molecule has 0 aromatic carbocycles. The molecule has 30 heavy (non-hydrogen) atoms. The van der Waals surface area contributed by atoms with Gasteiger partial charge in [0.25, 0.3) is 0 Å². The van der Waals surface area contributed by atoms with Gasteiger partial charge in [-0.1, -0.05) is 0 Å². The number of hydrogen-bond acceptors (Lipinski definition) is 9. The Bertz CT molecular complexity index is 928. The lowest BCUT2D eigenvalue weighted by molar-refractivity contribution is -0.0254. The van der Waals surface area contributed by atoms with Gasteiger partial charge in [0.15, 0.2) is 6.10 Å². The van der Waals surface area contributed by atoms with E-state index >= 15 is 0 Å². The van der Waals surface area contributed by atoms with Crippen LogP contribution in [-0.2, 0) is 14.2 Å². The minimum Gasteiger partial charge on any atom is -0.458 e. The second-order valence-electron chi connectivity index (χ2n) is 5.95. The van der Waals surface area contributed by atoms with Crippen LogP contribution in [0, 0.1) is 0 Å². The second kappa shape index (κ2) is 10.4. The molecular weight excluding hydrogens is 390 g/mol. The standard InChI is InChI=1S/C21H17N3O6/c25-19(15-4-1-7-22-10-15)28-13-18(30-21(27)17-6-3-9-24-12-17)14-29-20(26)16-5-2-8-23-11-16/h1-12,18H,13-14H2. The van der Waals surface area contributed by atoms with Gasteiger partial charge in [0, 0.05) is 37.2 Å². The van der Waals surface area contributed by atoms with E-state index in [-0.39, 0.29) is 29.9 Å². The topological polar surface area (TPSA) is 118 Å². The van der Waals surface area contributed by atoms with Crippen molar-refractivity contribution in [3.05, 3.63) is 90.3 Å². The highest BCUT2D eigenvalue weighted by atomic mass is 16.6. The summed E-state index contributed by atoms with van der Waals surface area (Å²) in [6, 6.07) is 9.35. The molecule has 152 valence electrons. The molecule has 3 aromatic heterocycles. The van der Waals surface area contributed by atoms with E-state index in [4.69, 9.17) is 14.2 Å². The number of carbonyl (C=O) groups is 3. The number of esters is 3. The van der Waals surface area contributed by atoms with E-state index in [1.807, 2.05) is 0 Å². The predicted molar refractivity (Wildman–Crippen MR) is 102 cm³/mol. The largest absolute Gasteiger partial charge is 0.458 e. The summed E-state index contributed by atoms with van der Waals surface area (Å²) in [6.45, 7) is -0.639. The third kappa shape index (κ3) is 5.93. The third-order valence-electron chi connectivity index (χ3n) is 3.77. The van der Waals surface area contributed by atoms with Crippen molar-refractivity contribution in [3.63, 3.8) is 0 Å². The number of nitrogens with zero attached hydrogens (tertiary/aromatic N) is 3. The Kier molecular flexibility index (Phi) is 7.15. The lowest BCUT2D eigenvalue weighted by Gasteiger charge is -2.18. The highest BCUT2D eigenvalue weighted by Crippen LogP contribution is 2.08. The first kappa shape index (κ1) is 20.6. The van der Waals surface area contributed by atoms with Crippen molar-refractivity contribution >= 4 is 17.9 Å². The number of ether oxygens (including phenoxy) is 3. The van der Waals surface area contributed by atoms with Gasteiger partial charge in [0.1, 0.15) is 13.2 Å². The summed E-state index contributed by atoms with van der Waals surface area (Å²) in [5.74, 6) is -1.99. The zero-order valence-electron chi connectivity index (χ0n) is 15.7. The van der Waals surface area contributed by atoms with Crippen LogP contribution in [0.2, 0.25) is 0 Å². The predicted octanol–water partition coefficient (Wildman–Crippen LogP) is 2.11. The molecule has 0 aliphatic heterocycles. The number of rotatable bonds is 8. The zero-order valence-corrected chi connectivity index (χ0v) is 15.7. The van der Waals surface area contributed by atoms with Crippen LogP contribution in [0.5, 0.6) is 0 Å². The molecule has 0 fully saturated rings. The van der Waals surface area contributed by atoms with Crippen LogP contribution in [0.25, 0.3) is 0 Å².